The number of aliphatic imine (C=N–C) groups is 1. The van der Waals surface area contributed by atoms with Crippen LogP contribution in [-0.4, -0.2) is 25.5 Å². The SMILES string of the molecule is C#Cc1cccc(NC(=O)CNC(=NC)NCc2ccccc2CC)c1.I. The fraction of sp³-hybridized carbons (Fsp3) is 0.238. The average molecular weight is 476 g/mol. The van der Waals surface area contributed by atoms with Crippen molar-refractivity contribution in [2.75, 3.05) is 18.9 Å². The van der Waals surface area contributed by atoms with Gasteiger partial charge in [0.15, 0.2) is 5.96 Å². The van der Waals surface area contributed by atoms with Crippen LogP contribution in [0.1, 0.15) is 23.6 Å². The van der Waals surface area contributed by atoms with Crippen LogP contribution in [0.3, 0.4) is 0 Å². The summed E-state index contributed by atoms with van der Waals surface area (Å²) in [6.45, 7) is 2.89. The quantitative estimate of drug-likeness (QED) is 0.260. The summed E-state index contributed by atoms with van der Waals surface area (Å²) in [4.78, 5) is 16.3. The van der Waals surface area contributed by atoms with Gasteiger partial charge in [-0.3, -0.25) is 9.79 Å². The molecule has 0 saturated carbocycles. The van der Waals surface area contributed by atoms with Crippen molar-refractivity contribution < 1.29 is 4.79 Å². The number of aryl methyl sites for hydroxylation is 1. The van der Waals surface area contributed by atoms with E-state index in [-0.39, 0.29) is 36.4 Å². The number of carbonyl (C=O) groups is 1. The summed E-state index contributed by atoms with van der Waals surface area (Å²) in [5, 5.41) is 9.05. The highest BCUT2D eigenvalue weighted by molar-refractivity contribution is 14.0. The fourth-order valence-corrected chi connectivity index (χ4v) is 2.53. The second kappa shape index (κ2) is 12.0. The number of hydrogen-bond acceptors (Lipinski definition) is 2. The molecule has 0 heterocycles. The molecule has 2 aromatic carbocycles. The molecular weight excluding hydrogens is 451 g/mol. The van der Waals surface area contributed by atoms with Crippen molar-refractivity contribution >= 4 is 41.5 Å². The summed E-state index contributed by atoms with van der Waals surface area (Å²) in [5.74, 6) is 2.95. The Morgan fingerprint density at radius 3 is 2.52 bits per heavy atom. The Balaban J connectivity index is 0.00000364. The Kier molecular flexibility index (Phi) is 9.98. The van der Waals surface area contributed by atoms with Gasteiger partial charge in [0.1, 0.15) is 0 Å². The van der Waals surface area contributed by atoms with Crippen molar-refractivity contribution in [3.8, 4) is 12.3 Å². The van der Waals surface area contributed by atoms with Gasteiger partial charge in [0.2, 0.25) is 5.91 Å². The van der Waals surface area contributed by atoms with Crippen molar-refractivity contribution in [1.29, 1.82) is 0 Å². The van der Waals surface area contributed by atoms with E-state index in [4.69, 9.17) is 6.42 Å². The molecule has 142 valence electrons. The molecule has 0 saturated heterocycles. The summed E-state index contributed by atoms with van der Waals surface area (Å²) < 4.78 is 0. The van der Waals surface area contributed by atoms with E-state index in [1.165, 1.54) is 11.1 Å². The first kappa shape index (κ1) is 22.5. The molecule has 0 atom stereocenters. The number of carbonyl (C=O) groups excluding carboxylic acids is 1. The second-order valence-corrected chi connectivity index (χ2v) is 5.67. The number of guanidine groups is 1. The molecule has 1 amide bonds. The first-order chi connectivity index (χ1) is 12.7. The van der Waals surface area contributed by atoms with E-state index in [0.717, 1.165) is 12.0 Å². The molecular formula is C21H25IN4O. The van der Waals surface area contributed by atoms with Gasteiger partial charge in [0.25, 0.3) is 0 Å². The Hall–Kier alpha value is -2.53. The first-order valence-corrected chi connectivity index (χ1v) is 8.54. The van der Waals surface area contributed by atoms with Gasteiger partial charge in [0, 0.05) is 24.8 Å². The van der Waals surface area contributed by atoms with E-state index >= 15 is 0 Å². The minimum absolute atomic E-state index is 0. The van der Waals surface area contributed by atoms with E-state index in [0.29, 0.717) is 18.2 Å². The summed E-state index contributed by atoms with van der Waals surface area (Å²) in [6.07, 6.45) is 6.34. The lowest BCUT2D eigenvalue weighted by molar-refractivity contribution is -0.115. The molecule has 0 fully saturated rings. The van der Waals surface area contributed by atoms with Crippen LogP contribution in [0.5, 0.6) is 0 Å². The standard InChI is InChI=1S/C21H24N4O.HI/c1-4-16-9-8-12-19(13-16)25-20(26)15-24-21(22-3)23-14-18-11-7-6-10-17(18)5-2;/h1,6-13H,5,14-15H2,2-3H3,(H,25,26)(H2,22,23,24);1H. The molecule has 0 unspecified atom stereocenters. The third-order valence-electron chi connectivity index (χ3n) is 3.90. The molecule has 27 heavy (non-hydrogen) atoms. The van der Waals surface area contributed by atoms with Crippen LogP contribution in [-0.2, 0) is 17.8 Å². The molecule has 3 N–H and O–H groups in total. The molecule has 0 aliphatic heterocycles. The molecule has 0 bridgehead atoms. The van der Waals surface area contributed by atoms with Gasteiger partial charge < -0.3 is 16.0 Å². The van der Waals surface area contributed by atoms with E-state index < -0.39 is 0 Å². The van der Waals surface area contributed by atoms with Crippen LogP contribution in [0.15, 0.2) is 53.5 Å². The number of terminal acetylenes is 1. The normalized spacial score (nSPS) is 10.3. The highest BCUT2D eigenvalue weighted by Crippen LogP contribution is 2.10. The Bertz CT molecular complexity index is 827. The van der Waals surface area contributed by atoms with Crippen LogP contribution >= 0.6 is 24.0 Å². The van der Waals surface area contributed by atoms with Gasteiger partial charge in [-0.15, -0.1) is 30.4 Å². The fourth-order valence-electron chi connectivity index (χ4n) is 2.53. The van der Waals surface area contributed by atoms with Gasteiger partial charge in [-0.2, -0.15) is 0 Å². The van der Waals surface area contributed by atoms with Crippen molar-refractivity contribution in [2.45, 2.75) is 19.9 Å². The number of anilines is 1. The van der Waals surface area contributed by atoms with Gasteiger partial charge in [-0.1, -0.05) is 43.2 Å². The Morgan fingerprint density at radius 2 is 1.85 bits per heavy atom. The smallest absolute Gasteiger partial charge is 0.243 e. The molecule has 0 aromatic heterocycles. The zero-order chi connectivity index (χ0) is 18.8. The number of halogens is 1. The number of nitrogens with zero attached hydrogens (tertiary/aromatic N) is 1. The molecule has 6 heteroatoms. The van der Waals surface area contributed by atoms with Gasteiger partial charge >= 0.3 is 0 Å². The van der Waals surface area contributed by atoms with Crippen molar-refractivity contribution in [1.82, 2.24) is 10.6 Å². The zero-order valence-corrected chi connectivity index (χ0v) is 17.9. The summed E-state index contributed by atoms with van der Waals surface area (Å²) >= 11 is 0. The highest BCUT2D eigenvalue weighted by atomic mass is 127. The van der Waals surface area contributed by atoms with Gasteiger partial charge in [-0.05, 0) is 35.7 Å². The Morgan fingerprint density at radius 1 is 1.11 bits per heavy atom. The summed E-state index contributed by atoms with van der Waals surface area (Å²) in [5.41, 5.74) is 3.91. The second-order valence-electron chi connectivity index (χ2n) is 5.67. The van der Waals surface area contributed by atoms with Crippen molar-refractivity contribution in [3.05, 3.63) is 65.2 Å². The number of benzene rings is 2. The van der Waals surface area contributed by atoms with E-state index in [1.807, 2.05) is 24.3 Å². The zero-order valence-electron chi connectivity index (χ0n) is 15.6. The predicted octanol–water partition coefficient (Wildman–Crippen LogP) is 3.15. The molecule has 0 spiro atoms. The number of nitrogens with one attached hydrogen (secondary N) is 3. The molecule has 0 radical (unpaired) electrons. The monoisotopic (exact) mass is 476 g/mol. The van der Waals surface area contributed by atoms with E-state index in [1.54, 1.807) is 19.2 Å². The molecule has 0 aliphatic carbocycles. The minimum Gasteiger partial charge on any atom is -0.352 e. The largest absolute Gasteiger partial charge is 0.352 e. The van der Waals surface area contributed by atoms with E-state index in [2.05, 4.69) is 45.9 Å². The van der Waals surface area contributed by atoms with Crippen LogP contribution in [0.2, 0.25) is 0 Å². The maximum atomic E-state index is 12.1. The lowest BCUT2D eigenvalue weighted by atomic mass is 10.1. The number of hydrogen-bond donors (Lipinski definition) is 3. The third-order valence-corrected chi connectivity index (χ3v) is 3.90. The number of rotatable bonds is 6. The topological polar surface area (TPSA) is 65.5 Å². The molecule has 2 rings (SSSR count). The summed E-state index contributed by atoms with van der Waals surface area (Å²) in [6, 6.07) is 15.4. The molecule has 0 aliphatic rings. The lowest BCUT2D eigenvalue weighted by Crippen LogP contribution is -2.41. The van der Waals surface area contributed by atoms with Gasteiger partial charge in [0.05, 0.1) is 6.54 Å². The summed E-state index contributed by atoms with van der Waals surface area (Å²) in [7, 11) is 1.68. The highest BCUT2D eigenvalue weighted by Gasteiger charge is 2.06. The number of amides is 1. The van der Waals surface area contributed by atoms with Crippen molar-refractivity contribution in [3.63, 3.8) is 0 Å². The van der Waals surface area contributed by atoms with E-state index in [9.17, 15) is 4.79 Å². The lowest BCUT2D eigenvalue weighted by Gasteiger charge is -2.14. The minimum atomic E-state index is -0.170. The van der Waals surface area contributed by atoms with Crippen LogP contribution in [0, 0.1) is 12.3 Å². The van der Waals surface area contributed by atoms with Crippen LogP contribution < -0.4 is 16.0 Å². The first-order valence-electron chi connectivity index (χ1n) is 8.54. The Labute approximate surface area is 178 Å². The molecule has 2 aromatic rings. The maximum absolute atomic E-state index is 12.1. The van der Waals surface area contributed by atoms with Crippen LogP contribution in [0.25, 0.3) is 0 Å². The van der Waals surface area contributed by atoms with Gasteiger partial charge in [-0.25, -0.2) is 0 Å². The molecule has 5 nitrogen and oxygen atoms in total. The van der Waals surface area contributed by atoms with Crippen LogP contribution in [0.4, 0.5) is 5.69 Å². The van der Waals surface area contributed by atoms with Crippen molar-refractivity contribution in [2.24, 2.45) is 4.99 Å². The third kappa shape index (κ3) is 7.31. The maximum Gasteiger partial charge on any atom is 0.243 e. The average Bonchev–Trinajstić information content (AvgIpc) is 2.68. The predicted molar refractivity (Wildman–Crippen MR) is 122 cm³/mol.